The summed E-state index contributed by atoms with van der Waals surface area (Å²) < 4.78 is 0. The van der Waals surface area contributed by atoms with Gasteiger partial charge in [0.15, 0.2) is 0 Å². The second kappa shape index (κ2) is 44.9. The molecule has 0 fully saturated rings. The van der Waals surface area contributed by atoms with Gasteiger partial charge in [-0.1, -0.05) is 231 Å². The number of aliphatic hydroxyl groups excluding tert-OH is 4. The third-order valence-electron chi connectivity index (χ3n) is 11.6. The van der Waals surface area contributed by atoms with Crippen molar-refractivity contribution in [2.75, 3.05) is 6.61 Å². The molecule has 0 bridgehead atoms. The molecule has 56 heavy (non-hydrogen) atoms. The number of unbranched alkanes of at least 4 members (excludes halogenated alkanes) is 32. The Labute approximate surface area is 348 Å². The van der Waals surface area contributed by atoms with E-state index in [1.807, 2.05) is 0 Å². The SMILES string of the molecule is CCCCCCCCC/C=C/CC/C=C/CCCC(O)C(O)C(CO)NC(=O)C(O)CCCCCCCCCCCCCCCCCCCCCCCCCC. The van der Waals surface area contributed by atoms with Crippen LogP contribution >= 0.6 is 0 Å². The molecule has 0 rings (SSSR count). The summed E-state index contributed by atoms with van der Waals surface area (Å²) in [5.41, 5.74) is 0. The first-order chi connectivity index (χ1) is 27.5. The average molecular weight is 792 g/mol. The van der Waals surface area contributed by atoms with Crippen LogP contribution in [0.4, 0.5) is 0 Å². The third-order valence-corrected chi connectivity index (χ3v) is 11.6. The summed E-state index contributed by atoms with van der Waals surface area (Å²) in [6.45, 7) is 4.05. The van der Waals surface area contributed by atoms with Gasteiger partial charge in [0.05, 0.1) is 18.8 Å². The predicted octanol–water partition coefficient (Wildman–Crippen LogP) is 13.5. The molecule has 0 spiro atoms. The van der Waals surface area contributed by atoms with Gasteiger partial charge in [-0.3, -0.25) is 4.79 Å². The molecule has 332 valence electrons. The Hall–Kier alpha value is -1.21. The number of hydrogen-bond acceptors (Lipinski definition) is 5. The van der Waals surface area contributed by atoms with E-state index in [0.717, 1.165) is 38.5 Å². The first kappa shape index (κ1) is 54.8. The largest absolute Gasteiger partial charge is 0.394 e. The highest BCUT2D eigenvalue weighted by molar-refractivity contribution is 5.80. The number of nitrogens with one attached hydrogen (secondary N) is 1. The second-order valence-corrected chi connectivity index (χ2v) is 17.2. The lowest BCUT2D eigenvalue weighted by Crippen LogP contribution is -2.53. The molecule has 4 unspecified atom stereocenters. The number of aliphatic hydroxyl groups is 4. The number of hydrogen-bond donors (Lipinski definition) is 5. The number of allylic oxidation sites excluding steroid dienone is 4. The van der Waals surface area contributed by atoms with Gasteiger partial charge in [-0.2, -0.15) is 0 Å². The minimum absolute atomic E-state index is 0.364. The Balaban J connectivity index is 3.69. The van der Waals surface area contributed by atoms with Crippen molar-refractivity contribution in [2.45, 2.75) is 282 Å². The molecule has 0 aliphatic carbocycles. The fraction of sp³-hybridized carbons (Fsp3) is 0.900. The molecule has 6 heteroatoms. The lowest BCUT2D eigenvalue weighted by atomic mass is 10.00. The van der Waals surface area contributed by atoms with E-state index in [4.69, 9.17) is 0 Å². The summed E-state index contributed by atoms with van der Waals surface area (Å²) in [6.07, 6.45) is 52.3. The zero-order valence-corrected chi connectivity index (χ0v) is 37.4. The van der Waals surface area contributed by atoms with Gasteiger partial charge in [0, 0.05) is 0 Å². The summed E-state index contributed by atoms with van der Waals surface area (Å²) >= 11 is 0. The Kier molecular flexibility index (Phi) is 43.9. The monoisotopic (exact) mass is 792 g/mol. The Morgan fingerprint density at radius 1 is 0.429 bits per heavy atom. The summed E-state index contributed by atoms with van der Waals surface area (Å²) in [5, 5.41) is 43.7. The molecular weight excluding hydrogens is 695 g/mol. The van der Waals surface area contributed by atoms with Gasteiger partial charge in [-0.15, -0.1) is 0 Å². The molecule has 0 saturated carbocycles. The van der Waals surface area contributed by atoms with Crippen molar-refractivity contribution in [1.82, 2.24) is 5.32 Å². The van der Waals surface area contributed by atoms with Gasteiger partial charge in [-0.25, -0.2) is 0 Å². The van der Waals surface area contributed by atoms with Crippen LogP contribution in [0.1, 0.15) is 258 Å². The van der Waals surface area contributed by atoms with Gasteiger partial charge in [0.2, 0.25) is 5.91 Å². The highest BCUT2D eigenvalue weighted by Crippen LogP contribution is 2.17. The molecule has 1 amide bonds. The van der Waals surface area contributed by atoms with Crippen LogP contribution in [0.25, 0.3) is 0 Å². The zero-order chi connectivity index (χ0) is 41.0. The van der Waals surface area contributed by atoms with Gasteiger partial charge < -0.3 is 25.7 Å². The topological polar surface area (TPSA) is 110 Å². The average Bonchev–Trinajstić information content (AvgIpc) is 3.20. The Bertz CT molecular complexity index is 847. The van der Waals surface area contributed by atoms with Crippen LogP contribution in [-0.4, -0.2) is 57.3 Å². The van der Waals surface area contributed by atoms with Gasteiger partial charge >= 0.3 is 0 Å². The molecule has 0 heterocycles. The summed E-state index contributed by atoms with van der Waals surface area (Å²) in [5.74, 6) is -0.594. The van der Waals surface area contributed by atoms with Crippen molar-refractivity contribution >= 4 is 5.91 Å². The molecule has 0 aromatic heterocycles. The highest BCUT2D eigenvalue weighted by atomic mass is 16.3. The van der Waals surface area contributed by atoms with Crippen LogP contribution in [0.15, 0.2) is 24.3 Å². The van der Waals surface area contributed by atoms with Crippen LogP contribution in [-0.2, 0) is 4.79 Å². The molecular formula is C50H97NO5. The number of carbonyl (C=O) groups excluding carboxylic acids is 1. The summed E-state index contributed by atoms with van der Waals surface area (Å²) in [4.78, 5) is 12.5. The van der Waals surface area contributed by atoms with E-state index in [1.165, 1.54) is 186 Å². The highest BCUT2D eigenvalue weighted by Gasteiger charge is 2.28. The van der Waals surface area contributed by atoms with E-state index in [0.29, 0.717) is 19.3 Å². The first-order valence-corrected chi connectivity index (χ1v) is 24.7. The molecule has 0 saturated heterocycles. The molecule has 0 aliphatic heterocycles. The van der Waals surface area contributed by atoms with Crippen LogP contribution in [0.2, 0.25) is 0 Å². The maximum atomic E-state index is 12.5. The molecule has 4 atom stereocenters. The number of amides is 1. The van der Waals surface area contributed by atoms with E-state index >= 15 is 0 Å². The van der Waals surface area contributed by atoms with Crippen molar-refractivity contribution in [3.63, 3.8) is 0 Å². The van der Waals surface area contributed by atoms with Crippen LogP contribution in [0, 0.1) is 0 Å². The quantitative estimate of drug-likeness (QED) is 0.0312. The maximum Gasteiger partial charge on any atom is 0.249 e. The van der Waals surface area contributed by atoms with E-state index in [-0.39, 0.29) is 0 Å². The lowest BCUT2D eigenvalue weighted by molar-refractivity contribution is -0.132. The maximum absolute atomic E-state index is 12.5. The van der Waals surface area contributed by atoms with Crippen molar-refractivity contribution in [3.8, 4) is 0 Å². The summed E-state index contributed by atoms with van der Waals surface area (Å²) in [6, 6.07) is -1.00. The van der Waals surface area contributed by atoms with Crippen molar-refractivity contribution < 1.29 is 25.2 Å². The summed E-state index contributed by atoms with van der Waals surface area (Å²) in [7, 11) is 0. The minimum atomic E-state index is -1.29. The second-order valence-electron chi connectivity index (χ2n) is 17.2. The molecule has 0 aromatic carbocycles. The normalized spacial score (nSPS) is 14.2. The lowest BCUT2D eigenvalue weighted by Gasteiger charge is -2.27. The smallest absolute Gasteiger partial charge is 0.249 e. The molecule has 0 aromatic rings. The standard InChI is InChI=1S/C50H97NO5/c1-3-5-7-9-11-13-15-17-19-21-22-23-24-25-26-27-28-30-32-34-36-38-40-42-44-48(54)50(56)51-46(45-52)49(55)47(53)43-41-39-37-35-33-31-29-20-18-16-14-12-10-8-6-4-2/h20,29,35,37,46-49,52-55H,3-19,21-28,30-34,36,38-45H2,1-2H3,(H,51,56)/b29-20+,37-35+. The van der Waals surface area contributed by atoms with E-state index < -0.39 is 36.9 Å². The Morgan fingerprint density at radius 3 is 1.12 bits per heavy atom. The molecule has 5 N–H and O–H groups in total. The van der Waals surface area contributed by atoms with Gasteiger partial charge in [-0.05, 0) is 51.4 Å². The third kappa shape index (κ3) is 38.3. The van der Waals surface area contributed by atoms with E-state index in [2.05, 4.69) is 43.5 Å². The van der Waals surface area contributed by atoms with Gasteiger partial charge in [0.1, 0.15) is 12.2 Å². The van der Waals surface area contributed by atoms with E-state index in [9.17, 15) is 25.2 Å². The van der Waals surface area contributed by atoms with E-state index in [1.54, 1.807) is 0 Å². The zero-order valence-electron chi connectivity index (χ0n) is 37.4. The fourth-order valence-corrected chi connectivity index (χ4v) is 7.72. The molecule has 0 aliphatic rings. The van der Waals surface area contributed by atoms with Crippen molar-refractivity contribution in [2.24, 2.45) is 0 Å². The minimum Gasteiger partial charge on any atom is -0.394 e. The van der Waals surface area contributed by atoms with Crippen LogP contribution in [0.5, 0.6) is 0 Å². The fourth-order valence-electron chi connectivity index (χ4n) is 7.72. The van der Waals surface area contributed by atoms with Crippen molar-refractivity contribution in [1.29, 1.82) is 0 Å². The Morgan fingerprint density at radius 2 is 0.750 bits per heavy atom. The molecule has 6 nitrogen and oxygen atoms in total. The van der Waals surface area contributed by atoms with Crippen LogP contribution < -0.4 is 5.32 Å². The first-order valence-electron chi connectivity index (χ1n) is 24.7. The van der Waals surface area contributed by atoms with Gasteiger partial charge in [0.25, 0.3) is 0 Å². The molecule has 0 radical (unpaired) electrons. The number of rotatable bonds is 45. The predicted molar refractivity (Wildman–Crippen MR) is 242 cm³/mol. The van der Waals surface area contributed by atoms with Crippen molar-refractivity contribution in [3.05, 3.63) is 24.3 Å². The van der Waals surface area contributed by atoms with Crippen LogP contribution in [0.3, 0.4) is 0 Å². The number of carbonyl (C=O) groups is 1.